The zero-order chi connectivity index (χ0) is 22.4. The summed E-state index contributed by atoms with van der Waals surface area (Å²) in [5, 5.41) is 0. The van der Waals surface area contributed by atoms with Crippen LogP contribution in [-0.4, -0.2) is 96.4 Å². The fourth-order valence-electron chi connectivity index (χ4n) is 3.74. The minimum atomic E-state index is -0.391. The number of anilines is 1. The Labute approximate surface area is 181 Å². The number of urea groups is 1. The number of nitrogens with zero attached hydrogens (tertiary/aromatic N) is 5. The van der Waals surface area contributed by atoms with Crippen LogP contribution in [0.15, 0.2) is 18.3 Å². The van der Waals surface area contributed by atoms with Crippen LogP contribution < -0.4 is 4.90 Å². The predicted octanol–water partition coefficient (Wildman–Crippen LogP) is 0.971. The highest BCUT2D eigenvalue weighted by atomic mass is 16.5. The molecular weight excluding hydrogens is 402 g/mol. The number of pyridine rings is 1. The van der Waals surface area contributed by atoms with Crippen molar-refractivity contribution < 1.29 is 23.9 Å². The molecule has 0 bridgehead atoms. The van der Waals surface area contributed by atoms with Crippen LogP contribution in [0.25, 0.3) is 0 Å². The van der Waals surface area contributed by atoms with Gasteiger partial charge < -0.3 is 19.4 Å². The van der Waals surface area contributed by atoms with Gasteiger partial charge in [0, 0.05) is 52.4 Å². The number of ether oxygens (including phenoxy) is 1. The Kier molecular flexibility index (Phi) is 7.43. The van der Waals surface area contributed by atoms with E-state index >= 15 is 0 Å². The molecule has 2 saturated heterocycles. The van der Waals surface area contributed by atoms with Crippen LogP contribution in [-0.2, 0) is 14.3 Å². The molecule has 1 aromatic heterocycles. The van der Waals surface area contributed by atoms with Crippen molar-refractivity contribution in [2.45, 2.75) is 26.2 Å². The number of amides is 4. The molecule has 0 N–H and O–H groups in total. The lowest BCUT2D eigenvalue weighted by molar-refractivity contribution is -0.131. The average Bonchev–Trinajstić information content (AvgIpc) is 2.94. The largest absolute Gasteiger partial charge is 0.462 e. The van der Waals surface area contributed by atoms with Gasteiger partial charge in [-0.1, -0.05) is 0 Å². The van der Waals surface area contributed by atoms with Gasteiger partial charge in [-0.25, -0.2) is 14.6 Å². The Hall–Kier alpha value is -3.17. The average molecular weight is 431 g/mol. The molecule has 0 saturated carbocycles. The molecule has 168 valence electrons. The second kappa shape index (κ2) is 10.2. The van der Waals surface area contributed by atoms with Crippen molar-refractivity contribution >= 4 is 29.6 Å². The molecule has 0 aromatic carbocycles. The van der Waals surface area contributed by atoms with Crippen LogP contribution in [0.2, 0.25) is 0 Å². The van der Waals surface area contributed by atoms with E-state index in [0.29, 0.717) is 44.6 Å². The molecular formula is C21H29N5O5. The minimum Gasteiger partial charge on any atom is -0.462 e. The second-order valence-corrected chi connectivity index (χ2v) is 7.63. The summed E-state index contributed by atoms with van der Waals surface area (Å²) in [5.74, 6) is 0.183. The summed E-state index contributed by atoms with van der Waals surface area (Å²) < 4.78 is 4.98. The predicted molar refractivity (Wildman–Crippen MR) is 113 cm³/mol. The molecule has 1 aromatic rings. The molecule has 10 nitrogen and oxygen atoms in total. The zero-order valence-corrected chi connectivity index (χ0v) is 18.1. The van der Waals surface area contributed by atoms with Gasteiger partial charge in [0.1, 0.15) is 12.4 Å². The van der Waals surface area contributed by atoms with Gasteiger partial charge in [-0.05, 0) is 31.9 Å². The summed E-state index contributed by atoms with van der Waals surface area (Å²) in [7, 11) is 1.59. The Morgan fingerprint density at radius 2 is 1.94 bits per heavy atom. The van der Waals surface area contributed by atoms with E-state index < -0.39 is 5.97 Å². The summed E-state index contributed by atoms with van der Waals surface area (Å²) in [5.41, 5.74) is 0.415. The number of imide groups is 1. The maximum Gasteiger partial charge on any atom is 0.339 e. The van der Waals surface area contributed by atoms with Gasteiger partial charge >= 0.3 is 12.0 Å². The Bertz CT molecular complexity index is 828. The zero-order valence-electron chi connectivity index (χ0n) is 18.1. The first-order valence-electron chi connectivity index (χ1n) is 10.6. The number of carbonyl (C=O) groups is 4. The third kappa shape index (κ3) is 5.50. The van der Waals surface area contributed by atoms with E-state index in [4.69, 9.17) is 4.74 Å². The molecule has 31 heavy (non-hydrogen) atoms. The molecule has 0 spiro atoms. The van der Waals surface area contributed by atoms with E-state index in [9.17, 15) is 19.2 Å². The van der Waals surface area contributed by atoms with Crippen molar-refractivity contribution in [3.05, 3.63) is 23.9 Å². The maximum atomic E-state index is 12.6. The van der Waals surface area contributed by atoms with Crippen LogP contribution in [0, 0.1) is 0 Å². The van der Waals surface area contributed by atoms with Gasteiger partial charge in [0.15, 0.2) is 0 Å². The topological polar surface area (TPSA) is 103 Å². The lowest BCUT2D eigenvalue weighted by Gasteiger charge is -2.23. The van der Waals surface area contributed by atoms with Gasteiger partial charge in [0.25, 0.3) is 0 Å². The molecule has 2 fully saturated rings. The number of carbonyl (C=O) groups excluding carboxylic acids is 4. The molecule has 4 amide bonds. The van der Waals surface area contributed by atoms with Gasteiger partial charge in [0.05, 0.1) is 12.2 Å². The number of likely N-dealkylation sites (N-methyl/N-ethyl adjacent to an activating group) is 1. The number of aromatic nitrogens is 1. The van der Waals surface area contributed by atoms with E-state index in [0.717, 1.165) is 18.8 Å². The summed E-state index contributed by atoms with van der Waals surface area (Å²) in [4.78, 5) is 59.0. The Balaban J connectivity index is 1.47. The molecule has 10 heteroatoms. The molecule has 2 aliphatic rings. The summed E-state index contributed by atoms with van der Waals surface area (Å²) >= 11 is 0. The summed E-state index contributed by atoms with van der Waals surface area (Å²) in [6, 6.07) is 3.20. The number of rotatable bonds is 7. The van der Waals surface area contributed by atoms with E-state index in [1.807, 2.05) is 4.90 Å². The quantitative estimate of drug-likeness (QED) is 0.468. The maximum absolute atomic E-state index is 12.6. The van der Waals surface area contributed by atoms with Crippen molar-refractivity contribution in [3.8, 4) is 0 Å². The normalized spacial score (nSPS) is 17.2. The van der Waals surface area contributed by atoms with Crippen LogP contribution in [0.3, 0.4) is 0 Å². The molecule has 0 aliphatic carbocycles. The van der Waals surface area contributed by atoms with Gasteiger partial charge in [-0.15, -0.1) is 0 Å². The molecule has 3 rings (SSSR count). The van der Waals surface area contributed by atoms with Crippen LogP contribution >= 0.6 is 0 Å². The van der Waals surface area contributed by atoms with Gasteiger partial charge in [-0.2, -0.15) is 0 Å². The van der Waals surface area contributed by atoms with Crippen LogP contribution in [0.4, 0.5) is 10.6 Å². The monoisotopic (exact) mass is 431 g/mol. The highest BCUT2D eigenvalue weighted by molar-refractivity contribution is 6.01. The van der Waals surface area contributed by atoms with Crippen molar-refractivity contribution in [2.75, 3.05) is 57.8 Å². The molecule has 0 unspecified atom stereocenters. The lowest BCUT2D eigenvalue weighted by Crippen LogP contribution is -2.36. The fraction of sp³-hybridized carbons (Fsp3) is 0.571. The van der Waals surface area contributed by atoms with E-state index in [2.05, 4.69) is 9.88 Å². The van der Waals surface area contributed by atoms with Crippen molar-refractivity contribution in [3.63, 3.8) is 0 Å². The molecule has 0 radical (unpaired) electrons. The van der Waals surface area contributed by atoms with E-state index in [-0.39, 0.29) is 30.9 Å². The smallest absolute Gasteiger partial charge is 0.339 e. The van der Waals surface area contributed by atoms with Gasteiger partial charge in [0.2, 0.25) is 11.8 Å². The van der Waals surface area contributed by atoms with E-state index in [1.165, 1.54) is 16.0 Å². The third-order valence-corrected chi connectivity index (χ3v) is 5.43. The lowest BCUT2D eigenvalue weighted by atomic mass is 10.2. The standard InChI is InChI=1S/C21H29N5O5/c1-3-31-20(29)16-7-8-17(22-14-16)24-9-5-10-25(13-12-24)18(27)6-4-11-26-19(28)15-23(2)21(26)30/h7-8,14H,3-6,9-13,15H2,1-2H3. The first-order valence-corrected chi connectivity index (χ1v) is 10.6. The van der Waals surface area contributed by atoms with Crippen molar-refractivity contribution in [2.24, 2.45) is 0 Å². The summed E-state index contributed by atoms with van der Waals surface area (Å²) in [6.07, 6.45) is 3.08. The number of esters is 1. The number of hydrogen-bond donors (Lipinski definition) is 0. The minimum absolute atomic E-state index is 0.0277. The van der Waals surface area contributed by atoms with Crippen molar-refractivity contribution in [1.82, 2.24) is 19.7 Å². The van der Waals surface area contributed by atoms with Crippen LogP contribution in [0.1, 0.15) is 36.5 Å². The molecule has 3 heterocycles. The van der Waals surface area contributed by atoms with Crippen molar-refractivity contribution in [1.29, 1.82) is 0 Å². The molecule has 0 atom stereocenters. The Morgan fingerprint density at radius 1 is 1.13 bits per heavy atom. The first kappa shape index (κ1) is 22.5. The van der Waals surface area contributed by atoms with Crippen LogP contribution in [0.5, 0.6) is 0 Å². The fourth-order valence-corrected chi connectivity index (χ4v) is 3.74. The SMILES string of the molecule is CCOC(=O)c1ccc(N2CCCN(C(=O)CCCN3C(=O)CN(C)C3=O)CC2)nc1. The Morgan fingerprint density at radius 3 is 2.58 bits per heavy atom. The van der Waals surface area contributed by atoms with Gasteiger partial charge in [-0.3, -0.25) is 14.5 Å². The molecule has 2 aliphatic heterocycles. The first-order chi connectivity index (χ1) is 14.9. The third-order valence-electron chi connectivity index (χ3n) is 5.43. The number of hydrogen-bond acceptors (Lipinski definition) is 7. The van der Waals surface area contributed by atoms with E-state index in [1.54, 1.807) is 26.1 Å². The highest BCUT2D eigenvalue weighted by Gasteiger charge is 2.33. The second-order valence-electron chi connectivity index (χ2n) is 7.63. The summed E-state index contributed by atoms with van der Waals surface area (Å²) in [6.45, 7) is 5.08. The highest BCUT2D eigenvalue weighted by Crippen LogP contribution is 2.16.